The van der Waals surface area contributed by atoms with Crippen LogP contribution < -0.4 is 4.74 Å². The first-order valence-electron chi connectivity index (χ1n) is 10.5. The van der Waals surface area contributed by atoms with Crippen molar-refractivity contribution in [2.45, 2.75) is 13.5 Å². The van der Waals surface area contributed by atoms with Crippen LogP contribution in [-0.2, 0) is 6.54 Å². The Morgan fingerprint density at radius 3 is 2.55 bits per heavy atom. The van der Waals surface area contributed by atoms with Gasteiger partial charge >= 0.3 is 0 Å². The zero-order chi connectivity index (χ0) is 22.9. The first-order chi connectivity index (χ1) is 16.0. The number of hydrogen-bond donors (Lipinski definition) is 0. The maximum Gasteiger partial charge on any atom is 0.224 e. The SMILES string of the molecule is COc1ccc2c(c1)c(C(=O)c1nc(-c3ccccc3)cs1)c(C)n2Cc1ccc(Cl)cc1. The molecule has 2 heterocycles. The number of rotatable bonds is 6. The van der Waals surface area contributed by atoms with Gasteiger partial charge < -0.3 is 9.30 Å². The van der Waals surface area contributed by atoms with Gasteiger partial charge in [0.1, 0.15) is 5.75 Å². The number of halogens is 1. The summed E-state index contributed by atoms with van der Waals surface area (Å²) in [5.74, 6) is 0.636. The van der Waals surface area contributed by atoms with Gasteiger partial charge in [0.2, 0.25) is 5.78 Å². The van der Waals surface area contributed by atoms with E-state index in [9.17, 15) is 4.79 Å². The molecule has 0 aliphatic carbocycles. The second-order valence-electron chi connectivity index (χ2n) is 7.79. The van der Waals surface area contributed by atoms with E-state index in [1.54, 1.807) is 7.11 Å². The van der Waals surface area contributed by atoms with Gasteiger partial charge in [0.15, 0.2) is 5.01 Å². The molecule has 0 bridgehead atoms. The fourth-order valence-electron chi connectivity index (χ4n) is 4.08. The lowest BCUT2D eigenvalue weighted by Crippen LogP contribution is -2.06. The Hall–Kier alpha value is -3.41. The molecular weight excluding hydrogens is 452 g/mol. The first kappa shape index (κ1) is 21.4. The molecule has 0 fully saturated rings. The Balaban J connectivity index is 1.61. The molecule has 0 amide bonds. The van der Waals surface area contributed by atoms with Crippen LogP contribution >= 0.6 is 22.9 Å². The van der Waals surface area contributed by atoms with Crippen molar-refractivity contribution in [1.29, 1.82) is 0 Å². The molecule has 2 aromatic heterocycles. The third kappa shape index (κ3) is 4.06. The standard InChI is InChI=1S/C27H21ClN2O2S/c1-17-25(26(31)27-29-23(16-33-27)19-6-4-3-5-7-19)22-14-21(32-2)12-13-24(22)30(17)15-18-8-10-20(28)11-9-18/h3-14,16H,15H2,1-2H3. The number of benzene rings is 3. The summed E-state index contributed by atoms with van der Waals surface area (Å²) in [5.41, 5.74) is 5.45. The average molecular weight is 473 g/mol. The monoisotopic (exact) mass is 472 g/mol. The summed E-state index contributed by atoms with van der Waals surface area (Å²) >= 11 is 7.44. The molecule has 0 aliphatic rings. The number of nitrogens with zero attached hydrogens (tertiary/aromatic N) is 2. The summed E-state index contributed by atoms with van der Waals surface area (Å²) in [6.07, 6.45) is 0. The number of methoxy groups -OCH3 is 1. The van der Waals surface area contributed by atoms with E-state index in [1.165, 1.54) is 11.3 Å². The van der Waals surface area contributed by atoms with Crippen molar-refractivity contribution in [3.05, 3.63) is 105 Å². The molecule has 0 atom stereocenters. The molecular formula is C27H21ClN2O2S. The van der Waals surface area contributed by atoms with E-state index in [4.69, 9.17) is 16.3 Å². The molecule has 0 saturated carbocycles. The van der Waals surface area contributed by atoms with Crippen molar-refractivity contribution in [2.75, 3.05) is 7.11 Å². The van der Waals surface area contributed by atoms with Gasteiger partial charge in [-0.05, 0) is 42.8 Å². The highest BCUT2D eigenvalue weighted by molar-refractivity contribution is 7.12. The second kappa shape index (κ2) is 8.85. The number of ketones is 1. The normalized spacial score (nSPS) is 11.1. The summed E-state index contributed by atoms with van der Waals surface area (Å²) in [4.78, 5) is 18.4. The number of ether oxygens (including phenoxy) is 1. The quantitative estimate of drug-likeness (QED) is 0.249. The molecule has 0 spiro atoms. The summed E-state index contributed by atoms with van der Waals surface area (Å²) < 4.78 is 7.62. The fourth-order valence-corrected chi connectivity index (χ4v) is 4.98. The summed E-state index contributed by atoms with van der Waals surface area (Å²) in [5, 5.41) is 3.98. The van der Waals surface area contributed by atoms with Crippen molar-refractivity contribution in [2.24, 2.45) is 0 Å². The Labute approximate surface area is 201 Å². The lowest BCUT2D eigenvalue weighted by atomic mass is 10.1. The van der Waals surface area contributed by atoms with Gasteiger partial charge in [0.25, 0.3) is 0 Å². The van der Waals surface area contributed by atoms with E-state index < -0.39 is 0 Å². The van der Waals surface area contributed by atoms with Gasteiger partial charge in [-0.25, -0.2) is 4.98 Å². The van der Waals surface area contributed by atoms with E-state index in [2.05, 4.69) is 9.55 Å². The van der Waals surface area contributed by atoms with Gasteiger partial charge in [0, 0.05) is 39.1 Å². The van der Waals surface area contributed by atoms with Crippen LogP contribution in [0.15, 0.2) is 78.2 Å². The largest absolute Gasteiger partial charge is 0.497 e. The Bertz CT molecular complexity index is 1450. The number of thiazole rings is 1. The van der Waals surface area contributed by atoms with E-state index >= 15 is 0 Å². The van der Waals surface area contributed by atoms with Crippen molar-refractivity contribution in [3.8, 4) is 17.0 Å². The van der Waals surface area contributed by atoms with Crippen LogP contribution in [0.1, 0.15) is 26.6 Å². The molecule has 0 N–H and O–H groups in total. The summed E-state index contributed by atoms with van der Waals surface area (Å²) in [7, 11) is 1.63. The summed E-state index contributed by atoms with van der Waals surface area (Å²) in [6, 6.07) is 23.5. The zero-order valence-electron chi connectivity index (χ0n) is 18.2. The molecule has 164 valence electrons. The number of hydrogen-bond acceptors (Lipinski definition) is 4. The predicted octanol–water partition coefficient (Wildman–Crippen LogP) is 7.01. The van der Waals surface area contributed by atoms with Gasteiger partial charge in [-0.2, -0.15) is 0 Å². The van der Waals surface area contributed by atoms with Crippen LogP contribution in [-0.4, -0.2) is 22.4 Å². The molecule has 3 aromatic carbocycles. The Kier molecular flexibility index (Phi) is 5.75. The van der Waals surface area contributed by atoms with Crippen molar-refractivity contribution in [1.82, 2.24) is 9.55 Å². The third-order valence-corrected chi connectivity index (χ3v) is 6.87. The van der Waals surface area contributed by atoms with Crippen LogP contribution in [0.2, 0.25) is 5.02 Å². The van der Waals surface area contributed by atoms with Gasteiger partial charge in [-0.15, -0.1) is 11.3 Å². The topological polar surface area (TPSA) is 44.1 Å². The highest BCUT2D eigenvalue weighted by atomic mass is 35.5. The van der Waals surface area contributed by atoms with E-state index in [1.807, 2.05) is 85.1 Å². The highest BCUT2D eigenvalue weighted by Gasteiger charge is 2.24. The molecule has 4 nitrogen and oxygen atoms in total. The number of fused-ring (bicyclic) bond motifs is 1. The highest BCUT2D eigenvalue weighted by Crippen LogP contribution is 2.33. The molecule has 6 heteroatoms. The number of aromatic nitrogens is 2. The molecule has 5 aromatic rings. The minimum atomic E-state index is -0.0761. The average Bonchev–Trinajstić information content (AvgIpc) is 3.44. The van der Waals surface area contributed by atoms with Crippen LogP contribution in [0.5, 0.6) is 5.75 Å². The minimum Gasteiger partial charge on any atom is -0.497 e. The lowest BCUT2D eigenvalue weighted by Gasteiger charge is -2.09. The first-order valence-corrected chi connectivity index (χ1v) is 11.8. The zero-order valence-corrected chi connectivity index (χ0v) is 19.8. The van der Waals surface area contributed by atoms with Gasteiger partial charge in [-0.1, -0.05) is 54.1 Å². The van der Waals surface area contributed by atoms with E-state index in [0.29, 0.717) is 27.9 Å². The van der Waals surface area contributed by atoms with Crippen molar-refractivity contribution >= 4 is 39.6 Å². The van der Waals surface area contributed by atoms with Crippen LogP contribution in [0.25, 0.3) is 22.2 Å². The van der Waals surface area contributed by atoms with Gasteiger partial charge in [-0.3, -0.25) is 4.79 Å². The van der Waals surface area contributed by atoms with E-state index in [0.717, 1.165) is 33.4 Å². The number of carbonyl (C=O) groups is 1. The van der Waals surface area contributed by atoms with E-state index in [-0.39, 0.29) is 5.78 Å². The smallest absolute Gasteiger partial charge is 0.224 e. The molecule has 0 aliphatic heterocycles. The molecule has 33 heavy (non-hydrogen) atoms. The maximum absolute atomic E-state index is 13.7. The molecule has 0 saturated heterocycles. The number of carbonyl (C=O) groups excluding carboxylic acids is 1. The van der Waals surface area contributed by atoms with Gasteiger partial charge in [0.05, 0.1) is 18.4 Å². The Morgan fingerprint density at radius 2 is 1.82 bits per heavy atom. The van der Waals surface area contributed by atoms with Crippen LogP contribution in [0.3, 0.4) is 0 Å². The van der Waals surface area contributed by atoms with Crippen molar-refractivity contribution < 1.29 is 9.53 Å². The maximum atomic E-state index is 13.7. The third-order valence-electron chi connectivity index (χ3n) is 5.78. The fraction of sp³-hybridized carbons (Fsp3) is 0.111. The second-order valence-corrected chi connectivity index (χ2v) is 9.08. The van der Waals surface area contributed by atoms with Crippen LogP contribution in [0, 0.1) is 6.92 Å². The van der Waals surface area contributed by atoms with Crippen LogP contribution in [0.4, 0.5) is 0 Å². The lowest BCUT2D eigenvalue weighted by molar-refractivity contribution is 0.103. The Morgan fingerprint density at radius 1 is 1.06 bits per heavy atom. The molecule has 0 unspecified atom stereocenters. The predicted molar refractivity (Wildman–Crippen MR) is 135 cm³/mol. The van der Waals surface area contributed by atoms with Crippen molar-refractivity contribution in [3.63, 3.8) is 0 Å². The molecule has 0 radical (unpaired) electrons. The molecule has 5 rings (SSSR count). The summed E-state index contributed by atoms with van der Waals surface area (Å²) in [6.45, 7) is 2.62. The minimum absolute atomic E-state index is 0.0761.